The predicted molar refractivity (Wildman–Crippen MR) is 362 cm³/mol. The number of aromatic nitrogens is 2. The van der Waals surface area contributed by atoms with Crippen molar-refractivity contribution in [1.29, 1.82) is 0 Å². The van der Waals surface area contributed by atoms with Gasteiger partial charge in [0.25, 0.3) is 0 Å². The third-order valence-electron chi connectivity index (χ3n) is 16.9. The molecule has 2 aromatic heterocycles. The van der Waals surface area contributed by atoms with Crippen LogP contribution in [0.5, 0.6) is 0 Å². The number of nitrogens with zero attached hydrogens (tertiary/aromatic N) is 1. The molecule has 1 fully saturated rings. The number of aliphatic hydroxyl groups is 3. The van der Waals surface area contributed by atoms with Gasteiger partial charge in [0.1, 0.15) is 60.4 Å². The summed E-state index contributed by atoms with van der Waals surface area (Å²) in [4.78, 5) is 196. The number of carbonyl (C=O) groups excluding carboxylic acids is 12. The summed E-state index contributed by atoms with van der Waals surface area (Å²) >= 11 is 0. The van der Waals surface area contributed by atoms with Crippen LogP contribution in [0.15, 0.2) is 60.9 Å². The second-order valence-corrected chi connectivity index (χ2v) is 24.9. The molecule has 5 rings (SSSR count). The van der Waals surface area contributed by atoms with Crippen LogP contribution < -0.4 is 76.1 Å². The van der Waals surface area contributed by atoms with Crippen molar-refractivity contribution >= 4 is 105 Å². The van der Waals surface area contributed by atoms with Crippen molar-refractivity contribution in [3.63, 3.8) is 0 Å². The minimum absolute atomic E-state index is 0.0189. The summed E-state index contributed by atoms with van der Waals surface area (Å²) in [5.41, 5.74) is 25.3. The molecule has 14 atom stereocenters. The maximum atomic E-state index is 14.5. The molecule has 4 aromatic rings. The maximum Gasteiger partial charge on any atom is 0.326 e. The van der Waals surface area contributed by atoms with Gasteiger partial charge in [-0.2, -0.15) is 0 Å². The predicted octanol–water partition coefficient (Wildman–Crippen LogP) is -5.52. The highest BCUT2D eigenvalue weighted by atomic mass is 16.4. The lowest BCUT2D eigenvalue weighted by Gasteiger charge is -2.30. The number of aliphatic hydroxyl groups excluding tert-OH is 3. The van der Waals surface area contributed by atoms with Crippen LogP contribution in [0.3, 0.4) is 0 Å². The van der Waals surface area contributed by atoms with Gasteiger partial charge in [-0.1, -0.05) is 42.8 Å². The van der Waals surface area contributed by atoms with Gasteiger partial charge >= 0.3 is 11.9 Å². The molecule has 3 heterocycles. The molecule has 25 N–H and O–H groups in total. The molecule has 36 nitrogen and oxygen atoms in total. The first-order valence-electron chi connectivity index (χ1n) is 33.2. The Morgan fingerprint density at radius 1 is 0.535 bits per heavy atom. The Bertz CT molecular complexity index is 3580. The number of aromatic amines is 2. The molecule has 2 aromatic carbocycles. The first-order chi connectivity index (χ1) is 47.8. The van der Waals surface area contributed by atoms with Crippen molar-refractivity contribution in [2.24, 2.45) is 22.9 Å². The fourth-order valence-electron chi connectivity index (χ4n) is 11.3. The molecule has 12 amide bonds. The Hall–Kier alpha value is -10.1. The van der Waals surface area contributed by atoms with Crippen molar-refractivity contribution in [1.82, 2.24) is 68.0 Å². The van der Waals surface area contributed by atoms with Crippen molar-refractivity contribution in [3.05, 3.63) is 72.1 Å². The Labute approximate surface area is 580 Å². The van der Waals surface area contributed by atoms with Crippen LogP contribution in [0.2, 0.25) is 0 Å². The van der Waals surface area contributed by atoms with Gasteiger partial charge in [0.05, 0.1) is 37.3 Å². The first-order valence-corrected chi connectivity index (χ1v) is 33.2. The van der Waals surface area contributed by atoms with E-state index < -0.39 is 193 Å². The average Bonchev–Trinajstić information content (AvgIpc) is 1.74. The van der Waals surface area contributed by atoms with E-state index in [0.717, 1.165) is 18.7 Å². The topological polar surface area (TPSA) is 599 Å². The third-order valence-corrected chi connectivity index (χ3v) is 16.9. The van der Waals surface area contributed by atoms with E-state index in [1.807, 2.05) is 0 Å². The zero-order valence-electron chi connectivity index (χ0n) is 56.6. The van der Waals surface area contributed by atoms with Crippen LogP contribution in [-0.2, 0) is 80.0 Å². The van der Waals surface area contributed by atoms with Gasteiger partial charge in [-0.25, -0.2) is 4.79 Å². The quantitative estimate of drug-likeness (QED) is 0.0184. The molecule has 0 saturated carbocycles. The number of primary amides is 1. The van der Waals surface area contributed by atoms with Gasteiger partial charge in [-0.05, 0) is 115 Å². The minimum Gasteiger partial charge on any atom is -0.481 e. The summed E-state index contributed by atoms with van der Waals surface area (Å²) in [5.74, 6) is -14.9. The van der Waals surface area contributed by atoms with E-state index >= 15 is 0 Å². The number of carboxylic acid groups (broad SMARTS) is 2. The van der Waals surface area contributed by atoms with Crippen LogP contribution in [0.1, 0.15) is 109 Å². The molecule has 0 bridgehead atoms. The van der Waals surface area contributed by atoms with Gasteiger partial charge in [-0.15, -0.1) is 0 Å². The molecular formula is C65H95N17O19. The van der Waals surface area contributed by atoms with Crippen LogP contribution in [0.4, 0.5) is 0 Å². The molecular weight excluding hydrogens is 1320 g/mol. The Balaban J connectivity index is 1.25. The normalized spacial score (nSPS) is 16.7. The number of fused-ring (bicyclic) bond motifs is 2. The maximum absolute atomic E-state index is 14.5. The lowest BCUT2D eigenvalue weighted by Crippen LogP contribution is -2.61. The van der Waals surface area contributed by atoms with Crippen molar-refractivity contribution in [3.8, 4) is 0 Å². The number of hydrogen-bond donors (Lipinski definition) is 21. The van der Waals surface area contributed by atoms with Gasteiger partial charge < -0.3 is 117 Å². The summed E-state index contributed by atoms with van der Waals surface area (Å²) in [7, 11) is 0. The number of para-hydroxylation sites is 2. The number of unbranched alkanes of at least 4 members (excludes halogenated alkanes) is 2. The van der Waals surface area contributed by atoms with Gasteiger partial charge in [0.2, 0.25) is 70.9 Å². The van der Waals surface area contributed by atoms with Crippen LogP contribution in [0, 0.1) is 0 Å². The fourth-order valence-corrected chi connectivity index (χ4v) is 11.3. The van der Waals surface area contributed by atoms with Gasteiger partial charge in [0.15, 0.2) is 0 Å². The van der Waals surface area contributed by atoms with E-state index in [-0.39, 0.29) is 58.0 Å². The zero-order chi connectivity index (χ0) is 74.8. The number of nitrogens with two attached hydrogens (primary N) is 4. The van der Waals surface area contributed by atoms with E-state index in [9.17, 15) is 87.5 Å². The summed E-state index contributed by atoms with van der Waals surface area (Å²) in [5, 5.41) is 76.3. The number of rotatable bonds is 42. The average molecular weight is 1420 g/mol. The Morgan fingerprint density at radius 2 is 1.00 bits per heavy atom. The summed E-state index contributed by atoms with van der Waals surface area (Å²) in [6.07, 6.45) is -2.08. The first kappa shape index (κ1) is 81.5. The molecule has 1 saturated heterocycles. The van der Waals surface area contributed by atoms with Gasteiger partial charge in [0, 0.05) is 60.0 Å². The summed E-state index contributed by atoms with van der Waals surface area (Å²) < 4.78 is 0. The van der Waals surface area contributed by atoms with E-state index in [1.54, 1.807) is 60.9 Å². The summed E-state index contributed by atoms with van der Waals surface area (Å²) in [6.45, 7) is 4.29. The smallest absolute Gasteiger partial charge is 0.326 e. The van der Waals surface area contributed by atoms with Crippen molar-refractivity contribution in [2.45, 2.75) is 196 Å². The van der Waals surface area contributed by atoms with E-state index in [0.29, 0.717) is 58.7 Å². The minimum atomic E-state index is -1.83. The lowest BCUT2D eigenvalue weighted by atomic mass is 10.0. The number of hydrogen-bond acceptors (Lipinski definition) is 20. The van der Waals surface area contributed by atoms with Crippen molar-refractivity contribution in [2.75, 3.05) is 26.2 Å². The van der Waals surface area contributed by atoms with E-state index in [2.05, 4.69) is 63.1 Å². The molecule has 1 aliphatic heterocycles. The van der Waals surface area contributed by atoms with Crippen LogP contribution >= 0.6 is 0 Å². The number of nitrogens with one attached hydrogen (secondary N) is 12. The molecule has 0 spiro atoms. The highest BCUT2D eigenvalue weighted by Gasteiger charge is 2.42. The zero-order valence-corrected chi connectivity index (χ0v) is 56.6. The number of carboxylic acids is 2. The third kappa shape index (κ3) is 24.6. The number of carbonyl (C=O) groups is 14. The second-order valence-electron chi connectivity index (χ2n) is 24.9. The fraction of sp³-hybridized carbons (Fsp3) is 0.538. The Morgan fingerprint density at radius 3 is 1.51 bits per heavy atom. The number of aliphatic carboxylic acids is 2. The number of amides is 12. The Kier molecular flexibility index (Phi) is 32.0. The second kappa shape index (κ2) is 39.6. The monoisotopic (exact) mass is 1420 g/mol. The van der Waals surface area contributed by atoms with E-state index in [4.69, 9.17) is 28.0 Å². The lowest BCUT2D eigenvalue weighted by molar-refractivity contribution is -0.144. The number of benzene rings is 2. The molecule has 0 unspecified atom stereocenters. The number of likely N-dealkylation sites (tertiary alicyclic amines) is 1. The number of H-pyrrole nitrogens is 2. The van der Waals surface area contributed by atoms with Gasteiger partial charge in [-0.3, -0.25) is 62.3 Å². The molecule has 0 radical (unpaired) electrons. The molecule has 1 aliphatic rings. The molecule has 554 valence electrons. The highest BCUT2D eigenvalue weighted by molar-refractivity contribution is 6.01. The molecule has 101 heavy (non-hydrogen) atoms. The highest BCUT2D eigenvalue weighted by Crippen LogP contribution is 2.23. The van der Waals surface area contributed by atoms with E-state index in [1.165, 1.54) is 13.8 Å². The van der Waals surface area contributed by atoms with Crippen LogP contribution in [-0.4, -0.2) is 234 Å². The van der Waals surface area contributed by atoms with Crippen molar-refractivity contribution < 1.29 is 92.7 Å². The van der Waals surface area contributed by atoms with Crippen LogP contribution in [0.25, 0.3) is 21.8 Å². The summed E-state index contributed by atoms with van der Waals surface area (Å²) in [6, 6.07) is -3.19. The molecule has 36 heteroatoms. The largest absolute Gasteiger partial charge is 0.481 e. The SMILES string of the molecule is C[C@H](NC(=O)[C@@H]1CCCN1C(=O)[C@H](CC(N)=O)NC(=O)[C@H](Cc1c[nH]c2ccccc12)NC(=O)[C@@H](NC(=O)[C@@H](N)CCCCN)[C@@H](C)O)C(=O)N[C@H](C(=O)NCC(=O)N[C@@H](CCCCN)C(=O)N[C@@H](Cc1c[nH]c2ccccc12)C(=O)N[C@H](C(=O)N[C@@H](CCC(=O)O)C(=O)O)[C@@H](C)O)[C@@H](C)O. The molecule has 0 aliphatic carbocycles. The standard InChI is InChI=1S/C65H95N17O19/c1-32(73-60(95)48-20-13-25-82(48)64(99)47(28-49(69)86)78-58(93)45(26-36-29-70-41-17-7-5-14-38(36)41)77-63(98)53(34(3)84)80-56(91)40(68)16-9-11-23-66)55(90)79-52(33(2)83)61(96)72-31-50(87)74-43(19-10-12-24-67)57(92)76-46(27-37-30-71-42-18-8-6-15-39(37)42)59(94)81-54(35(4)85)62(97)75-44(65(100)101)21-22-51(88)89/h5-8,14-15,17-18,29-30,32-35,40,43-48,52-54,70-71,83-85H,9-13,16,19-28,31,66-68H2,1-4H3,(H2,69,86)(H,72,96)(H,73,95)(H,74,87)(H,75,97)(H,76,92)(H,77,98)(H,78,93)(H,79,90)(H,80,91)(H,81,94)(H,88,89)(H,100,101)/t32-,33+,34+,35+,40-,43-,44-,45-,46-,47-,48-,52-,53-,54-/m0/s1.